The Labute approximate surface area is 263 Å². The molecule has 0 fully saturated rings. The maximum absolute atomic E-state index is 6.94. The second-order valence-corrected chi connectivity index (χ2v) is 9.89. The van der Waals surface area contributed by atoms with Crippen molar-refractivity contribution in [2.75, 3.05) is 0 Å². The Kier molecular flexibility index (Phi) is 12.7. The molecule has 0 N–H and O–H groups in total. The van der Waals surface area contributed by atoms with Gasteiger partial charge in [-0.2, -0.15) is 0 Å². The van der Waals surface area contributed by atoms with E-state index in [1.54, 1.807) is 24.3 Å². The van der Waals surface area contributed by atoms with Gasteiger partial charge in [0.2, 0.25) is 0 Å². The summed E-state index contributed by atoms with van der Waals surface area (Å²) in [6.45, 7) is 31.7. The predicted octanol–water partition coefficient (Wildman–Crippen LogP) is 9.45. The molecule has 2 heterocycles. The van der Waals surface area contributed by atoms with Crippen LogP contribution in [0.2, 0.25) is 13.6 Å². The summed E-state index contributed by atoms with van der Waals surface area (Å²) >= 11 is 0. The lowest BCUT2D eigenvalue weighted by molar-refractivity contribution is 0.332. The van der Waals surface area contributed by atoms with Gasteiger partial charge in [0.05, 0.1) is 26.4 Å². The van der Waals surface area contributed by atoms with Gasteiger partial charge in [0.25, 0.3) is 0 Å². The van der Waals surface area contributed by atoms with Crippen molar-refractivity contribution in [2.45, 2.75) is 68.4 Å². The minimum Gasteiger partial charge on any atom is -0.457 e. The largest absolute Gasteiger partial charge is 0.457 e. The summed E-state index contributed by atoms with van der Waals surface area (Å²) in [4.78, 5) is 6.74. The summed E-state index contributed by atoms with van der Waals surface area (Å²) in [5, 5.41) is 0. The summed E-state index contributed by atoms with van der Waals surface area (Å²) in [5.41, 5.74) is 8.37. The summed E-state index contributed by atoms with van der Waals surface area (Å²) in [6.07, 6.45) is 0. The second kappa shape index (κ2) is 16.4. The molecule has 224 valence electrons. The fourth-order valence-electron chi connectivity index (χ4n) is 4.84. The monoisotopic (exact) mass is 586 g/mol. The number of aryl methyl sites for hydroxylation is 1. The maximum Gasteiger partial charge on any atom is 0.324 e. The van der Waals surface area contributed by atoms with Crippen LogP contribution in [0.25, 0.3) is 9.69 Å². The molecule has 0 saturated heterocycles. The Hall–Kier alpha value is -4.49. The molecule has 0 atom stereocenters. The first-order valence-corrected chi connectivity index (χ1v) is 15.2. The quantitative estimate of drug-likeness (QED) is 0.177. The number of hydrogen-bond acceptors (Lipinski definition) is 4. The van der Waals surface area contributed by atoms with Crippen molar-refractivity contribution in [3.8, 4) is 23.0 Å². The molecule has 0 unspecified atom stereocenters. The number of rotatable bonds is 4. The molecule has 0 spiro atoms. The van der Waals surface area contributed by atoms with Crippen molar-refractivity contribution in [2.24, 2.45) is 0 Å². The highest BCUT2D eigenvalue weighted by atomic mass is 16.5. The van der Waals surface area contributed by atoms with E-state index in [-0.39, 0.29) is 13.8 Å². The Morgan fingerprint density at radius 1 is 0.636 bits per heavy atom. The first-order valence-electron chi connectivity index (χ1n) is 15.2. The lowest BCUT2D eigenvalue weighted by atomic mass is 9.64. The van der Waals surface area contributed by atoms with Gasteiger partial charge >= 0.3 is 13.8 Å². The van der Waals surface area contributed by atoms with Gasteiger partial charge in [-0.15, -0.1) is 0 Å². The SMILES string of the molecule is CC.CC.[C-]#[N+]c1ccc(Oc2cc3c(cc2C)B(C)OC3)cc1.[C-]#[N+]c1ccc(Oc2ccc3c(c2C)COB3C)cc1. The molecule has 6 nitrogen and oxygen atoms in total. The van der Waals surface area contributed by atoms with Gasteiger partial charge in [-0.05, 0) is 83.4 Å². The number of fused-ring (bicyclic) bond motifs is 2. The molecule has 4 aromatic rings. The molecule has 0 saturated carbocycles. The van der Waals surface area contributed by atoms with E-state index in [4.69, 9.17) is 31.9 Å². The van der Waals surface area contributed by atoms with Crippen molar-refractivity contribution in [3.05, 3.63) is 118 Å². The first kappa shape index (κ1) is 34.0. The van der Waals surface area contributed by atoms with E-state index < -0.39 is 0 Å². The fourth-order valence-corrected chi connectivity index (χ4v) is 4.84. The van der Waals surface area contributed by atoms with E-state index >= 15 is 0 Å². The van der Waals surface area contributed by atoms with Crippen LogP contribution < -0.4 is 20.4 Å². The van der Waals surface area contributed by atoms with Gasteiger partial charge in [-0.1, -0.05) is 77.7 Å². The fraction of sp³-hybridized carbons (Fsp3) is 0.278. The minimum absolute atomic E-state index is 0.163. The zero-order chi connectivity index (χ0) is 32.2. The molecular formula is C36H40B2N2O4. The highest BCUT2D eigenvalue weighted by Crippen LogP contribution is 2.31. The first-order chi connectivity index (χ1) is 21.4. The topological polar surface area (TPSA) is 45.6 Å². The standard InChI is InChI=1S/2C16H14BNO2.2C2H6/c1-11-8-15-12(10-19-17(15)2)9-16(11)20-14-6-4-13(18-3)5-7-14;1-11-14-10-19-17(2)15(14)8-9-16(11)20-13-6-4-12(18-3)5-7-13;2*1-2/h2*4-9H,10H2,1-2H3;2*1-2H3. The van der Waals surface area contributed by atoms with Gasteiger partial charge in [0, 0.05) is 0 Å². The lowest BCUT2D eigenvalue weighted by Crippen LogP contribution is -2.24. The van der Waals surface area contributed by atoms with E-state index in [2.05, 4.69) is 48.5 Å². The van der Waals surface area contributed by atoms with Crippen LogP contribution >= 0.6 is 0 Å². The van der Waals surface area contributed by atoms with E-state index in [9.17, 15) is 0 Å². The van der Waals surface area contributed by atoms with Gasteiger partial charge in [0.15, 0.2) is 11.4 Å². The van der Waals surface area contributed by atoms with Gasteiger partial charge < -0.3 is 18.8 Å². The van der Waals surface area contributed by atoms with Crippen molar-refractivity contribution in [1.29, 1.82) is 0 Å². The molecule has 44 heavy (non-hydrogen) atoms. The third-order valence-corrected chi connectivity index (χ3v) is 7.25. The second-order valence-electron chi connectivity index (χ2n) is 9.89. The molecule has 6 rings (SSSR count). The molecule has 2 aliphatic heterocycles. The minimum atomic E-state index is 0.163. The third-order valence-electron chi connectivity index (χ3n) is 7.25. The Balaban J connectivity index is 0.000000216. The van der Waals surface area contributed by atoms with Crippen molar-refractivity contribution in [1.82, 2.24) is 0 Å². The third kappa shape index (κ3) is 8.11. The average Bonchev–Trinajstić information content (AvgIpc) is 3.63. The zero-order valence-electron chi connectivity index (χ0n) is 27.0. The van der Waals surface area contributed by atoms with Gasteiger partial charge in [-0.25, -0.2) is 9.69 Å². The van der Waals surface area contributed by atoms with Crippen molar-refractivity contribution < 1.29 is 18.8 Å². The zero-order valence-corrected chi connectivity index (χ0v) is 27.0. The molecule has 0 aromatic heterocycles. The molecule has 0 bridgehead atoms. The number of benzene rings is 4. The normalized spacial score (nSPS) is 12.0. The summed E-state index contributed by atoms with van der Waals surface area (Å²) in [5.74, 6) is 3.17. The van der Waals surface area contributed by atoms with Crippen LogP contribution in [0.1, 0.15) is 49.9 Å². The average molecular weight is 586 g/mol. The lowest BCUT2D eigenvalue weighted by Gasteiger charge is -2.12. The van der Waals surface area contributed by atoms with Gasteiger partial charge in [-0.3, -0.25) is 0 Å². The highest BCUT2D eigenvalue weighted by Gasteiger charge is 2.26. The molecule has 8 heteroatoms. The van der Waals surface area contributed by atoms with Crippen molar-refractivity contribution >= 4 is 36.1 Å². The molecule has 2 aliphatic rings. The highest BCUT2D eigenvalue weighted by molar-refractivity contribution is 6.68. The number of ether oxygens (including phenoxy) is 2. The van der Waals surface area contributed by atoms with E-state index in [1.165, 1.54) is 22.1 Å². The van der Waals surface area contributed by atoms with Crippen molar-refractivity contribution in [3.63, 3.8) is 0 Å². The van der Waals surface area contributed by atoms with Gasteiger partial charge in [0.1, 0.15) is 23.0 Å². The molecule has 4 aromatic carbocycles. The summed E-state index contributed by atoms with van der Waals surface area (Å²) in [6, 6.07) is 22.6. The Morgan fingerprint density at radius 2 is 1.14 bits per heavy atom. The van der Waals surface area contributed by atoms with Crippen LogP contribution in [0.15, 0.2) is 72.8 Å². The number of hydrogen-bond donors (Lipinski definition) is 0. The maximum atomic E-state index is 6.94. The molecule has 0 amide bonds. The molecule has 0 aliphatic carbocycles. The van der Waals surface area contributed by atoms with Crippen LogP contribution in [-0.2, 0) is 22.5 Å². The van der Waals surface area contributed by atoms with E-state index in [0.717, 1.165) is 34.1 Å². The molecular weight excluding hydrogens is 546 g/mol. The van der Waals surface area contributed by atoms with Crippen LogP contribution in [0.3, 0.4) is 0 Å². The van der Waals surface area contributed by atoms with E-state index in [0.29, 0.717) is 24.6 Å². The predicted molar refractivity (Wildman–Crippen MR) is 183 cm³/mol. The Bertz CT molecular complexity index is 1570. The van der Waals surface area contributed by atoms with Crippen LogP contribution in [0, 0.1) is 27.0 Å². The smallest absolute Gasteiger partial charge is 0.324 e. The summed E-state index contributed by atoms with van der Waals surface area (Å²) in [7, 11) is 0. The Morgan fingerprint density at radius 3 is 1.68 bits per heavy atom. The van der Waals surface area contributed by atoms with Crippen LogP contribution in [0.5, 0.6) is 23.0 Å². The van der Waals surface area contributed by atoms with Crippen LogP contribution in [-0.4, -0.2) is 13.8 Å². The number of nitrogens with zero attached hydrogens (tertiary/aromatic N) is 2. The van der Waals surface area contributed by atoms with E-state index in [1.807, 2.05) is 65.0 Å². The molecule has 0 radical (unpaired) electrons. The van der Waals surface area contributed by atoms with Crippen LogP contribution in [0.4, 0.5) is 11.4 Å². The summed E-state index contributed by atoms with van der Waals surface area (Å²) < 4.78 is 23.1.